The van der Waals surface area contributed by atoms with Crippen molar-refractivity contribution < 1.29 is 4.74 Å². The van der Waals surface area contributed by atoms with E-state index in [2.05, 4.69) is 41.5 Å². The molecule has 1 heterocycles. The van der Waals surface area contributed by atoms with Gasteiger partial charge >= 0.3 is 0 Å². The maximum Gasteiger partial charge on any atom is 0.191 e. The topological polar surface area (TPSA) is 48.9 Å². The van der Waals surface area contributed by atoms with Crippen molar-refractivity contribution in [2.24, 2.45) is 10.9 Å². The summed E-state index contributed by atoms with van der Waals surface area (Å²) in [5, 5.41) is 6.69. The van der Waals surface area contributed by atoms with E-state index in [0.29, 0.717) is 13.2 Å². The fourth-order valence-corrected chi connectivity index (χ4v) is 3.30. The minimum Gasteiger partial charge on any atom is -0.375 e. The predicted molar refractivity (Wildman–Crippen MR) is 125 cm³/mol. The first-order valence-electron chi connectivity index (χ1n) is 10.2. The molecule has 1 fully saturated rings. The summed E-state index contributed by atoms with van der Waals surface area (Å²) in [7, 11) is 0. The minimum absolute atomic E-state index is 0. The number of guanidine groups is 1. The van der Waals surface area contributed by atoms with Crippen molar-refractivity contribution in [1.29, 1.82) is 0 Å². The van der Waals surface area contributed by atoms with E-state index < -0.39 is 0 Å². The van der Waals surface area contributed by atoms with Crippen molar-refractivity contribution >= 4 is 29.9 Å². The molecule has 0 bridgehead atoms. The van der Waals surface area contributed by atoms with Gasteiger partial charge in [-0.3, -0.25) is 4.99 Å². The standard InChI is InChI=1S/C21H36N4O.HI/c1-3-22-21(23-13-10-19-11-15-25(4-2)16-12-19)24-14-17-26-18-20-8-6-5-7-9-20;/h5-9,19H,3-4,10-18H2,1-2H3,(H2,22,23,24);1H. The van der Waals surface area contributed by atoms with Crippen LogP contribution in [0.15, 0.2) is 35.3 Å². The lowest BCUT2D eigenvalue weighted by Crippen LogP contribution is -2.39. The van der Waals surface area contributed by atoms with Crippen LogP contribution in [0.5, 0.6) is 0 Å². The Bertz CT molecular complexity index is 504. The average molecular weight is 488 g/mol. The number of hydrogen-bond acceptors (Lipinski definition) is 3. The van der Waals surface area contributed by atoms with Crippen molar-refractivity contribution in [1.82, 2.24) is 15.5 Å². The molecule has 0 aliphatic carbocycles. The Labute approximate surface area is 182 Å². The normalized spacial score (nSPS) is 16.0. The first-order valence-corrected chi connectivity index (χ1v) is 10.2. The molecule has 1 aliphatic rings. The van der Waals surface area contributed by atoms with Crippen LogP contribution < -0.4 is 10.6 Å². The highest BCUT2D eigenvalue weighted by molar-refractivity contribution is 14.0. The van der Waals surface area contributed by atoms with Crippen LogP contribution in [0.3, 0.4) is 0 Å². The van der Waals surface area contributed by atoms with Crippen molar-refractivity contribution in [2.45, 2.75) is 39.7 Å². The van der Waals surface area contributed by atoms with Gasteiger partial charge in [-0.2, -0.15) is 0 Å². The number of nitrogens with zero attached hydrogens (tertiary/aromatic N) is 2. The van der Waals surface area contributed by atoms with Crippen LogP contribution in [0.1, 0.15) is 38.7 Å². The molecule has 0 spiro atoms. The highest BCUT2D eigenvalue weighted by Gasteiger charge is 2.17. The lowest BCUT2D eigenvalue weighted by atomic mass is 9.94. The number of ether oxygens (including phenoxy) is 1. The van der Waals surface area contributed by atoms with E-state index in [-0.39, 0.29) is 24.0 Å². The van der Waals surface area contributed by atoms with E-state index in [9.17, 15) is 0 Å². The van der Waals surface area contributed by atoms with E-state index in [0.717, 1.165) is 31.5 Å². The second-order valence-electron chi connectivity index (χ2n) is 6.89. The molecule has 6 heteroatoms. The summed E-state index contributed by atoms with van der Waals surface area (Å²) in [4.78, 5) is 7.27. The van der Waals surface area contributed by atoms with Gasteiger partial charge in [-0.15, -0.1) is 24.0 Å². The molecule has 5 nitrogen and oxygen atoms in total. The van der Waals surface area contributed by atoms with Crippen LogP contribution >= 0.6 is 24.0 Å². The molecule has 1 aliphatic heterocycles. The molecule has 0 amide bonds. The third-order valence-electron chi connectivity index (χ3n) is 4.96. The number of halogens is 1. The molecule has 0 radical (unpaired) electrons. The van der Waals surface area contributed by atoms with Crippen molar-refractivity contribution in [3.63, 3.8) is 0 Å². The Balaban J connectivity index is 0.00000364. The monoisotopic (exact) mass is 488 g/mol. The van der Waals surface area contributed by atoms with Crippen molar-refractivity contribution in [3.8, 4) is 0 Å². The van der Waals surface area contributed by atoms with Crippen LogP contribution in [-0.4, -0.2) is 56.7 Å². The Morgan fingerprint density at radius 3 is 2.56 bits per heavy atom. The summed E-state index contributed by atoms with van der Waals surface area (Å²) in [6.45, 7) is 11.9. The first kappa shape index (κ1) is 24.2. The van der Waals surface area contributed by atoms with Gasteiger partial charge in [0, 0.05) is 19.6 Å². The molecule has 0 unspecified atom stereocenters. The number of benzene rings is 1. The molecular formula is C21H37IN4O. The summed E-state index contributed by atoms with van der Waals surface area (Å²) in [6, 6.07) is 10.3. The molecule has 2 N–H and O–H groups in total. The number of likely N-dealkylation sites (tertiary alicyclic amines) is 1. The molecule has 1 saturated heterocycles. The lowest BCUT2D eigenvalue weighted by Gasteiger charge is -2.30. The zero-order valence-corrected chi connectivity index (χ0v) is 19.3. The SMILES string of the molecule is CCNC(=NCCC1CCN(CC)CC1)NCCOCc1ccccc1.I. The highest BCUT2D eigenvalue weighted by atomic mass is 127. The zero-order valence-electron chi connectivity index (χ0n) is 17.0. The molecule has 27 heavy (non-hydrogen) atoms. The van der Waals surface area contributed by atoms with Crippen LogP contribution in [0.25, 0.3) is 0 Å². The van der Waals surface area contributed by atoms with Crippen molar-refractivity contribution in [3.05, 3.63) is 35.9 Å². The number of rotatable bonds is 10. The second kappa shape index (κ2) is 15.1. The summed E-state index contributed by atoms with van der Waals surface area (Å²) < 4.78 is 5.72. The van der Waals surface area contributed by atoms with Gasteiger partial charge < -0.3 is 20.3 Å². The fourth-order valence-electron chi connectivity index (χ4n) is 3.30. The average Bonchev–Trinajstić information content (AvgIpc) is 2.69. The predicted octanol–water partition coefficient (Wildman–Crippen LogP) is 3.50. The van der Waals surface area contributed by atoms with E-state index in [1.807, 2.05) is 18.2 Å². The van der Waals surface area contributed by atoms with Crippen LogP contribution in [0, 0.1) is 5.92 Å². The lowest BCUT2D eigenvalue weighted by molar-refractivity contribution is 0.125. The molecule has 0 aromatic heterocycles. The summed E-state index contributed by atoms with van der Waals surface area (Å²) in [5.74, 6) is 1.74. The molecule has 1 aromatic carbocycles. The van der Waals surface area contributed by atoms with Crippen LogP contribution in [0.2, 0.25) is 0 Å². The molecule has 2 rings (SSSR count). The number of nitrogens with one attached hydrogen (secondary N) is 2. The number of hydrogen-bond donors (Lipinski definition) is 2. The summed E-state index contributed by atoms with van der Waals surface area (Å²) >= 11 is 0. The molecular weight excluding hydrogens is 451 g/mol. The van der Waals surface area contributed by atoms with E-state index in [4.69, 9.17) is 9.73 Å². The fraction of sp³-hybridized carbons (Fsp3) is 0.667. The Kier molecular flexibility index (Phi) is 13.5. The van der Waals surface area contributed by atoms with E-state index >= 15 is 0 Å². The summed E-state index contributed by atoms with van der Waals surface area (Å²) in [5.41, 5.74) is 1.21. The van der Waals surface area contributed by atoms with Gasteiger partial charge in [-0.1, -0.05) is 37.3 Å². The Morgan fingerprint density at radius 2 is 1.89 bits per heavy atom. The van der Waals surface area contributed by atoms with Gasteiger partial charge in [0.05, 0.1) is 13.2 Å². The number of aliphatic imine (C=N–C) groups is 1. The van der Waals surface area contributed by atoms with Gasteiger partial charge in [0.1, 0.15) is 0 Å². The minimum atomic E-state index is 0. The number of piperidine rings is 1. The highest BCUT2D eigenvalue weighted by Crippen LogP contribution is 2.19. The second-order valence-corrected chi connectivity index (χ2v) is 6.89. The molecule has 1 aromatic rings. The largest absolute Gasteiger partial charge is 0.375 e. The van der Waals surface area contributed by atoms with Gasteiger partial charge in [0.15, 0.2) is 5.96 Å². The van der Waals surface area contributed by atoms with Gasteiger partial charge in [0.25, 0.3) is 0 Å². The maximum absolute atomic E-state index is 5.72. The molecule has 0 atom stereocenters. The quantitative estimate of drug-likeness (QED) is 0.229. The molecule has 154 valence electrons. The van der Waals surface area contributed by atoms with Crippen molar-refractivity contribution in [2.75, 3.05) is 45.9 Å². The van der Waals surface area contributed by atoms with Gasteiger partial charge in [-0.25, -0.2) is 0 Å². The Morgan fingerprint density at radius 1 is 1.15 bits per heavy atom. The van der Waals surface area contributed by atoms with E-state index in [1.165, 1.54) is 44.5 Å². The van der Waals surface area contributed by atoms with Crippen LogP contribution in [0.4, 0.5) is 0 Å². The first-order chi connectivity index (χ1) is 12.8. The van der Waals surface area contributed by atoms with E-state index in [1.54, 1.807) is 0 Å². The van der Waals surface area contributed by atoms with Gasteiger partial charge in [-0.05, 0) is 57.3 Å². The third kappa shape index (κ3) is 10.3. The zero-order chi connectivity index (χ0) is 18.5. The third-order valence-corrected chi connectivity index (χ3v) is 4.96. The Hall–Kier alpha value is -0.860. The smallest absolute Gasteiger partial charge is 0.191 e. The molecule has 0 saturated carbocycles. The maximum atomic E-state index is 5.72. The summed E-state index contributed by atoms with van der Waals surface area (Å²) in [6.07, 6.45) is 3.83. The van der Waals surface area contributed by atoms with Gasteiger partial charge in [0.2, 0.25) is 0 Å². The van der Waals surface area contributed by atoms with Crippen LogP contribution in [-0.2, 0) is 11.3 Å².